The number of unbranched alkanes of at least 4 members (excludes halogenated alkanes) is 2. The molecular weight excluding hydrogens is 240 g/mol. The Morgan fingerprint density at radius 2 is 2.05 bits per heavy atom. The van der Waals surface area contributed by atoms with E-state index >= 15 is 0 Å². The molecule has 0 atom stereocenters. The van der Waals surface area contributed by atoms with Crippen molar-refractivity contribution in [2.45, 2.75) is 26.2 Å². The van der Waals surface area contributed by atoms with Crippen molar-refractivity contribution in [3.05, 3.63) is 42.1 Å². The number of rotatable bonds is 6. The van der Waals surface area contributed by atoms with Crippen molar-refractivity contribution in [1.29, 1.82) is 0 Å². The van der Waals surface area contributed by atoms with E-state index < -0.39 is 0 Å². The summed E-state index contributed by atoms with van der Waals surface area (Å²) in [5.74, 6) is 0.538. The maximum atomic E-state index is 12.5. The van der Waals surface area contributed by atoms with Gasteiger partial charge < -0.3 is 0 Å². The van der Waals surface area contributed by atoms with Crippen LogP contribution in [0.3, 0.4) is 0 Å². The van der Waals surface area contributed by atoms with Crippen LogP contribution in [0.2, 0.25) is 0 Å². The SMILES string of the molecule is CCCCCN(C(=O)c1ccccc1)c1cn[nH]n1. The van der Waals surface area contributed by atoms with Gasteiger partial charge in [-0.2, -0.15) is 10.3 Å². The Bertz CT molecular complexity index is 495. The Morgan fingerprint density at radius 1 is 1.26 bits per heavy atom. The van der Waals surface area contributed by atoms with Crippen molar-refractivity contribution in [2.75, 3.05) is 11.4 Å². The minimum absolute atomic E-state index is 0.0365. The van der Waals surface area contributed by atoms with Crippen LogP contribution in [0.25, 0.3) is 0 Å². The number of hydrogen-bond donors (Lipinski definition) is 1. The molecule has 2 aromatic rings. The highest BCUT2D eigenvalue weighted by Gasteiger charge is 2.18. The highest BCUT2D eigenvalue weighted by molar-refractivity contribution is 6.05. The van der Waals surface area contributed by atoms with E-state index in [9.17, 15) is 4.79 Å². The molecule has 0 unspecified atom stereocenters. The maximum Gasteiger partial charge on any atom is 0.259 e. The zero-order chi connectivity index (χ0) is 13.5. The van der Waals surface area contributed by atoms with Gasteiger partial charge in [-0.1, -0.05) is 38.0 Å². The van der Waals surface area contributed by atoms with Crippen molar-refractivity contribution in [3.8, 4) is 0 Å². The lowest BCUT2D eigenvalue weighted by atomic mass is 10.2. The van der Waals surface area contributed by atoms with E-state index in [0.717, 1.165) is 19.3 Å². The number of H-pyrrole nitrogens is 1. The molecule has 1 aromatic carbocycles. The Labute approximate surface area is 112 Å². The van der Waals surface area contributed by atoms with Gasteiger partial charge >= 0.3 is 0 Å². The minimum atomic E-state index is -0.0365. The van der Waals surface area contributed by atoms with E-state index in [0.29, 0.717) is 17.9 Å². The van der Waals surface area contributed by atoms with Gasteiger partial charge in [0.1, 0.15) is 0 Å². The molecule has 0 saturated carbocycles. The summed E-state index contributed by atoms with van der Waals surface area (Å²) in [5, 5.41) is 10.3. The fourth-order valence-electron chi connectivity index (χ4n) is 1.90. The van der Waals surface area contributed by atoms with Gasteiger partial charge in [0, 0.05) is 12.1 Å². The summed E-state index contributed by atoms with van der Waals surface area (Å²) < 4.78 is 0. The van der Waals surface area contributed by atoms with Gasteiger partial charge in [-0.3, -0.25) is 9.69 Å². The van der Waals surface area contributed by atoms with Crippen LogP contribution < -0.4 is 4.90 Å². The van der Waals surface area contributed by atoms with Crippen LogP contribution in [-0.2, 0) is 0 Å². The number of carbonyl (C=O) groups excluding carboxylic acids is 1. The number of carbonyl (C=O) groups is 1. The van der Waals surface area contributed by atoms with Gasteiger partial charge in [0.05, 0.1) is 6.20 Å². The molecule has 5 nitrogen and oxygen atoms in total. The molecule has 0 aliphatic heterocycles. The van der Waals surface area contributed by atoms with Crippen LogP contribution in [0.15, 0.2) is 36.5 Å². The number of nitrogens with zero attached hydrogens (tertiary/aromatic N) is 3. The molecule has 0 bridgehead atoms. The normalized spacial score (nSPS) is 10.4. The Kier molecular flexibility index (Phi) is 4.66. The third-order valence-electron chi connectivity index (χ3n) is 2.93. The topological polar surface area (TPSA) is 61.9 Å². The van der Waals surface area contributed by atoms with Crippen LogP contribution in [0.5, 0.6) is 0 Å². The molecule has 5 heteroatoms. The van der Waals surface area contributed by atoms with E-state index in [1.165, 1.54) is 0 Å². The average molecular weight is 258 g/mol. The first-order valence-electron chi connectivity index (χ1n) is 6.55. The molecule has 2 rings (SSSR count). The third-order valence-corrected chi connectivity index (χ3v) is 2.93. The number of benzene rings is 1. The van der Waals surface area contributed by atoms with Gasteiger partial charge in [0.2, 0.25) is 0 Å². The predicted molar refractivity (Wildman–Crippen MR) is 74.0 cm³/mol. The largest absolute Gasteiger partial charge is 0.290 e. The lowest BCUT2D eigenvalue weighted by molar-refractivity contribution is 0.0985. The number of aromatic nitrogens is 3. The van der Waals surface area contributed by atoms with Gasteiger partial charge in [-0.15, -0.1) is 5.10 Å². The zero-order valence-electron chi connectivity index (χ0n) is 11.0. The number of hydrogen-bond acceptors (Lipinski definition) is 3. The molecule has 0 spiro atoms. The number of nitrogens with one attached hydrogen (secondary N) is 1. The summed E-state index contributed by atoms with van der Waals surface area (Å²) in [4.78, 5) is 14.2. The highest BCUT2D eigenvalue weighted by Crippen LogP contribution is 2.14. The zero-order valence-corrected chi connectivity index (χ0v) is 11.0. The van der Waals surface area contributed by atoms with Crippen molar-refractivity contribution < 1.29 is 4.79 Å². The summed E-state index contributed by atoms with van der Waals surface area (Å²) in [6.45, 7) is 2.80. The summed E-state index contributed by atoms with van der Waals surface area (Å²) in [7, 11) is 0. The lowest BCUT2D eigenvalue weighted by Gasteiger charge is -2.19. The van der Waals surface area contributed by atoms with Crippen molar-refractivity contribution in [2.24, 2.45) is 0 Å². The van der Waals surface area contributed by atoms with Crippen molar-refractivity contribution in [1.82, 2.24) is 15.4 Å². The Hall–Kier alpha value is -2.17. The molecule has 0 aliphatic rings. The monoisotopic (exact) mass is 258 g/mol. The van der Waals surface area contributed by atoms with Crippen molar-refractivity contribution in [3.63, 3.8) is 0 Å². The van der Waals surface area contributed by atoms with Gasteiger partial charge in [-0.25, -0.2) is 0 Å². The second kappa shape index (κ2) is 6.68. The minimum Gasteiger partial charge on any atom is -0.290 e. The molecule has 1 heterocycles. The summed E-state index contributed by atoms with van der Waals surface area (Å²) in [6, 6.07) is 9.25. The van der Waals surface area contributed by atoms with Crippen LogP contribution in [0.4, 0.5) is 5.82 Å². The summed E-state index contributed by atoms with van der Waals surface area (Å²) in [5.41, 5.74) is 0.669. The fourth-order valence-corrected chi connectivity index (χ4v) is 1.90. The summed E-state index contributed by atoms with van der Waals surface area (Å²) in [6.07, 6.45) is 4.75. The predicted octanol–water partition coefficient (Wildman–Crippen LogP) is 2.64. The molecular formula is C14H18N4O. The average Bonchev–Trinajstić information content (AvgIpc) is 2.98. The quantitative estimate of drug-likeness (QED) is 0.810. The van der Waals surface area contributed by atoms with Crippen LogP contribution in [0, 0.1) is 0 Å². The molecule has 1 aromatic heterocycles. The first-order valence-corrected chi connectivity index (χ1v) is 6.55. The first kappa shape index (κ1) is 13.3. The first-order chi connectivity index (χ1) is 9.33. The highest BCUT2D eigenvalue weighted by atomic mass is 16.2. The second-order valence-corrected chi connectivity index (χ2v) is 4.36. The fraction of sp³-hybridized carbons (Fsp3) is 0.357. The number of aromatic amines is 1. The lowest BCUT2D eigenvalue weighted by Crippen LogP contribution is -2.32. The van der Waals surface area contributed by atoms with E-state index in [4.69, 9.17) is 0 Å². The van der Waals surface area contributed by atoms with E-state index in [1.807, 2.05) is 30.3 Å². The molecule has 0 aliphatic carbocycles. The Morgan fingerprint density at radius 3 is 2.68 bits per heavy atom. The number of anilines is 1. The molecule has 1 N–H and O–H groups in total. The van der Waals surface area contributed by atoms with E-state index in [-0.39, 0.29) is 5.91 Å². The number of amides is 1. The van der Waals surface area contributed by atoms with Crippen LogP contribution >= 0.6 is 0 Å². The van der Waals surface area contributed by atoms with Gasteiger partial charge in [-0.05, 0) is 18.6 Å². The molecule has 0 saturated heterocycles. The third kappa shape index (κ3) is 3.40. The van der Waals surface area contributed by atoms with Crippen LogP contribution in [-0.4, -0.2) is 27.9 Å². The van der Waals surface area contributed by atoms with E-state index in [2.05, 4.69) is 22.3 Å². The summed E-state index contributed by atoms with van der Waals surface area (Å²) >= 11 is 0. The smallest absolute Gasteiger partial charge is 0.259 e. The molecule has 0 fully saturated rings. The maximum absolute atomic E-state index is 12.5. The second-order valence-electron chi connectivity index (χ2n) is 4.36. The van der Waals surface area contributed by atoms with Crippen LogP contribution in [0.1, 0.15) is 36.5 Å². The molecule has 19 heavy (non-hydrogen) atoms. The molecule has 0 radical (unpaired) electrons. The van der Waals surface area contributed by atoms with Gasteiger partial charge in [0.25, 0.3) is 5.91 Å². The van der Waals surface area contributed by atoms with Crippen molar-refractivity contribution >= 4 is 11.7 Å². The van der Waals surface area contributed by atoms with E-state index in [1.54, 1.807) is 11.1 Å². The Balaban J connectivity index is 2.15. The standard InChI is InChI=1S/C14H18N4O/c1-2-3-7-10-18(13-11-15-17-16-13)14(19)12-8-5-4-6-9-12/h4-6,8-9,11H,2-3,7,10H2,1H3,(H,15,16,17). The molecule has 1 amide bonds. The van der Waals surface area contributed by atoms with Gasteiger partial charge in [0.15, 0.2) is 5.82 Å². The molecule has 100 valence electrons.